The Morgan fingerprint density at radius 1 is 1.35 bits per heavy atom. The molecule has 0 aliphatic carbocycles. The second-order valence-corrected chi connectivity index (χ2v) is 3.10. The lowest BCUT2D eigenvalue weighted by Crippen LogP contribution is -1.90. The molecule has 4 nitrogen and oxygen atoms in total. The Balaban J connectivity index is 0. The van der Waals surface area contributed by atoms with Gasteiger partial charge in [-0.05, 0) is 22.0 Å². The minimum Gasteiger partial charge on any atom is -0.385 e. The number of carbonyl (C=O) groups is 1. The summed E-state index contributed by atoms with van der Waals surface area (Å²) in [5.41, 5.74) is 0.771. The van der Waals surface area contributed by atoms with Gasteiger partial charge in [0.1, 0.15) is 0 Å². The molecule has 1 rings (SSSR count). The first-order valence-corrected chi connectivity index (χ1v) is 6.38. The minimum atomic E-state index is 0.498. The monoisotopic (exact) mass is 301 g/mol. The number of anilines is 1. The first kappa shape index (κ1) is 18.1. The van der Waals surface area contributed by atoms with Gasteiger partial charge >= 0.3 is 0 Å². The van der Waals surface area contributed by atoms with Crippen LogP contribution in [0.1, 0.15) is 27.7 Å². The van der Waals surface area contributed by atoms with Crippen molar-refractivity contribution < 1.29 is 4.79 Å². The van der Waals surface area contributed by atoms with E-state index in [0.29, 0.717) is 12.1 Å². The van der Waals surface area contributed by atoms with E-state index >= 15 is 0 Å². The summed E-state index contributed by atoms with van der Waals surface area (Å²) in [7, 11) is 1.77. The lowest BCUT2D eigenvalue weighted by Gasteiger charge is -2.02. The van der Waals surface area contributed by atoms with Crippen molar-refractivity contribution in [2.24, 2.45) is 4.99 Å². The van der Waals surface area contributed by atoms with E-state index in [1.165, 1.54) is 0 Å². The van der Waals surface area contributed by atoms with Crippen LogP contribution in [0.25, 0.3) is 0 Å². The summed E-state index contributed by atoms with van der Waals surface area (Å²) in [5, 5.41) is 2.92. The predicted molar refractivity (Wildman–Crippen MR) is 78.4 cm³/mol. The number of halogens is 1. The molecule has 0 radical (unpaired) electrons. The van der Waals surface area contributed by atoms with Crippen LogP contribution in [0.2, 0.25) is 0 Å². The average Bonchev–Trinajstić information content (AvgIpc) is 2.41. The summed E-state index contributed by atoms with van der Waals surface area (Å²) in [6, 6.07) is 1.84. The van der Waals surface area contributed by atoms with Crippen LogP contribution in [-0.4, -0.2) is 24.5 Å². The van der Waals surface area contributed by atoms with Gasteiger partial charge < -0.3 is 5.32 Å². The summed E-state index contributed by atoms with van der Waals surface area (Å²) in [6.45, 7) is 8.00. The molecule has 0 bridgehead atoms. The van der Waals surface area contributed by atoms with Gasteiger partial charge in [-0.1, -0.05) is 27.7 Å². The summed E-state index contributed by atoms with van der Waals surface area (Å²) in [5.74, 6) is 0.498. The second kappa shape index (κ2) is 12.8. The number of rotatable bonds is 3. The van der Waals surface area contributed by atoms with Crippen LogP contribution in [0.15, 0.2) is 21.7 Å². The van der Waals surface area contributed by atoms with E-state index in [1.54, 1.807) is 13.2 Å². The number of hydrogen-bond donors (Lipinski definition) is 1. The number of carbonyl (C=O) groups excluding carboxylic acids is 1. The summed E-state index contributed by atoms with van der Waals surface area (Å²) in [4.78, 5) is 17.9. The molecule has 0 fully saturated rings. The molecule has 1 N–H and O–H groups in total. The first-order valence-electron chi connectivity index (χ1n) is 5.59. The quantitative estimate of drug-likeness (QED) is 0.682. The maximum Gasteiger partial charge on any atom is 0.175 e. The molecule has 96 valence electrons. The van der Waals surface area contributed by atoms with Crippen LogP contribution < -0.4 is 5.32 Å². The van der Waals surface area contributed by atoms with Gasteiger partial charge in [0.15, 0.2) is 12.1 Å². The van der Waals surface area contributed by atoms with E-state index in [2.05, 4.69) is 31.2 Å². The number of hydrogen-bond acceptors (Lipinski definition) is 4. The number of aromatic nitrogens is 1. The molecule has 0 spiro atoms. The van der Waals surface area contributed by atoms with Gasteiger partial charge in [0.25, 0.3) is 0 Å². The van der Waals surface area contributed by atoms with Crippen molar-refractivity contribution in [2.75, 3.05) is 12.4 Å². The standard InChI is InChI=1S/C8H8BrN3O.2C2H6/c1-10-7-4-6(9)5-12-8(7)11-2-3-13;2*1-2/h2-5,10H,1H3;2*1-2H3/b11-2-;;. The number of pyridine rings is 1. The zero-order valence-corrected chi connectivity index (χ0v) is 12.6. The second-order valence-electron chi connectivity index (χ2n) is 2.19. The number of aldehydes is 1. The van der Waals surface area contributed by atoms with Crippen LogP contribution in [0.5, 0.6) is 0 Å². The highest BCUT2D eigenvalue weighted by Gasteiger charge is 1.99. The lowest BCUT2D eigenvalue weighted by atomic mass is 10.4. The van der Waals surface area contributed by atoms with E-state index in [1.807, 2.05) is 33.8 Å². The smallest absolute Gasteiger partial charge is 0.175 e. The summed E-state index contributed by atoms with van der Waals surface area (Å²) in [6.07, 6.45) is 3.40. The fourth-order valence-electron chi connectivity index (χ4n) is 0.820. The highest BCUT2D eigenvalue weighted by atomic mass is 79.9. The maximum absolute atomic E-state index is 10.0. The third kappa shape index (κ3) is 7.63. The van der Waals surface area contributed by atoms with Crippen LogP contribution >= 0.6 is 15.9 Å². The molecule has 0 aliphatic rings. The Morgan fingerprint density at radius 3 is 2.41 bits per heavy atom. The van der Waals surface area contributed by atoms with Gasteiger partial charge in [-0.3, -0.25) is 4.79 Å². The van der Waals surface area contributed by atoms with Crippen molar-refractivity contribution in [3.05, 3.63) is 16.7 Å². The highest BCUT2D eigenvalue weighted by Crippen LogP contribution is 2.24. The van der Waals surface area contributed by atoms with Gasteiger partial charge in [0.2, 0.25) is 0 Å². The van der Waals surface area contributed by atoms with E-state index in [4.69, 9.17) is 0 Å². The van der Waals surface area contributed by atoms with E-state index in [0.717, 1.165) is 16.4 Å². The number of nitrogens with one attached hydrogen (secondary N) is 1. The average molecular weight is 302 g/mol. The highest BCUT2D eigenvalue weighted by molar-refractivity contribution is 9.10. The Bertz CT molecular complexity index is 341. The van der Waals surface area contributed by atoms with Gasteiger partial charge in [-0.15, -0.1) is 0 Å². The molecule has 0 saturated heterocycles. The van der Waals surface area contributed by atoms with E-state index in [9.17, 15) is 4.79 Å². The Labute approximate surface area is 112 Å². The molecule has 0 saturated carbocycles. The first-order chi connectivity index (χ1) is 8.27. The van der Waals surface area contributed by atoms with Crippen molar-refractivity contribution in [3.63, 3.8) is 0 Å². The molecule has 0 aliphatic heterocycles. The van der Waals surface area contributed by atoms with Gasteiger partial charge in [0.05, 0.1) is 11.9 Å². The predicted octanol–water partition coefficient (Wildman–Crippen LogP) is 3.84. The SMILES string of the molecule is CC.CC.CNc1cc(Br)cnc1/N=C\C=O. The molecular formula is C12H20BrN3O. The molecule has 1 aromatic rings. The molecular weight excluding hydrogens is 282 g/mol. The van der Waals surface area contributed by atoms with E-state index < -0.39 is 0 Å². The van der Waals surface area contributed by atoms with Crippen molar-refractivity contribution >= 4 is 39.9 Å². The zero-order valence-electron chi connectivity index (χ0n) is 11.0. The van der Waals surface area contributed by atoms with Gasteiger partial charge in [0, 0.05) is 17.7 Å². The Hall–Kier alpha value is -1.23. The van der Waals surface area contributed by atoms with Gasteiger partial charge in [-0.25, -0.2) is 9.98 Å². The molecule has 0 atom stereocenters. The van der Waals surface area contributed by atoms with Crippen LogP contribution in [-0.2, 0) is 4.79 Å². The molecule has 0 unspecified atom stereocenters. The maximum atomic E-state index is 10.0. The van der Waals surface area contributed by atoms with Crippen molar-refractivity contribution in [2.45, 2.75) is 27.7 Å². The molecule has 0 amide bonds. The Kier molecular flexibility index (Phi) is 13.7. The molecule has 1 heterocycles. The lowest BCUT2D eigenvalue weighted by molar-refractivity contribution is -0.102. The molecule has 17 heavy (non-hydrogen) atoms. The van der Waals surface area contributed by atoms with Gasteiger partial charge in [-0.2, -0.15) is 0 Å². The fourth-order valence-corrected chi connectivity index (χ4v) is 1.15. The fraction of sp³-hybridized carbons (Fsp3) is 0.417. The molecule has 1 aromatic heterocycles. The zero-order chi connectivity index (χ0) is 13.7. The van der Waals surface area contributed by atoms with Crippen molar-refractivity contribution in [1.82, 2.24) is 4.98 Å². The summed E-state index contributed by atoms with van der Waals surface area (Å²) >= 11 is 3.28. The third-order valence-corrected chi connectivity index (χ3v) is 1.79. The number of aliphatic imine (C=N–C) groups is 1. The Morgan fingerprint density at radius 2 is 1.94 bits per heavy atom. The molecule has 5 heteroatoms. The van der Waals surface area contributed by atoms with Crippen molar-refractivity contribution in [3.8, 4) is 0 Å². The normalized spacial score (nSPS) is 8.59. The minimum absolute atomic E-state index is 0.498. The topological polar surface area (TPSA) is 54.4 Å². The summed E-state index contributed by atoms with van der Waals surface area (Å²) < 4.78 is 0.863. The largest absolute Gasteiger partial charge is 0.385 e. The van der Waals surface area contributed by atoms with Crippen LogP contribution in [0, 0.1) is 0 Å². The van der Waals surface area contributed by atoms with Crippen molar-refractivity contribution in [1.29, 1.82) is 0 Å². The molecule has 0 aromatic carbocycles. The number of nitrogens with zero attached hydrogens (tertiary/aromatic N) is 2. The van der Waals surface area contributed by atoms with Crippen LogP contribution in [0.4, 0.5) is 11.5 Å². The third-order valence-electron chi connectivity index (χ3n) is 1.36. The van der Waals surface area contributed by atoms with Crippen LogP contribution in [0.3, 0.4) is 0 Å². The van der Waals surface area contributed by atoms with E-state index in [-0.39, 0.29) is 0 Å².